The quantitative estimate of drug-likeness (QED) is 0.596. The molecule has 2 aliphatic rings. The Bertz CT molecular complexity index is 800. The Kier molecular flexibility index (Phi) is 5.64. The number of hydrogen-bond donors (Lipinski definition) is 2. The largest absolute Gasteiger partial charge is 0.355 e. The van der Waals surface area contributed by atoms with Crippen LogP contribution in [0.15, 0.2) is 35.3 Å². The molecule has 28 heavy (non-hydrogen) atoms. The molecule has 0 radical (unpaired) electrons. The predicted octanol–water partition coefficient (Wildman–Crippen LogP) is 3.22. The van der Waals surface area contributed by atoms with E-state index in [2.05, 4.69) is 51.2 Å². The minimum Gasteiger partial charge on any atom is -0.355 e. The number of guanidine groups is 1. The third-order valence-electron chi connectivity index (χ3n) is 6.55. The minimum absolute atomic E-state index is 0.237. The molecule has 6 heteroatoms. The van der Waals surface area contributed by atoms with Gasteiger partial charge in [0.05, 0.1) is 0 Å². The van der Waals surface area contributed by atoms with Crippen LogP contribution in [0.1, 0.15) is 62.2 Å². The van der Waals surface area contributed by atoms with Crippen LogP contribution >= 0.6 is 0 Å². The van der Waals surface area contributed by atoms with Crippen molar-refractivity contribution in [3.05, 3.63) is 47.5 Å². The van der Waals surface area contributed by atoms with E-state index in [0.29, 0.717) is 12.6 Å². The van der Waals surface area contributed by atoms with Crippen molar-refractivity contribution < 1.29 is 0 Å². The number of aryl methyl sites for hydroxylation is 1. The van der Waals surface area contributed by atoms with Crippen molar-refractivity contribution in [1.82, 2.24) is 25.4 Å². The molecular weight excluding hydrogens is 348 g/mol. The van der Waals surface area contributed by atoms with Gasteiger partial charge in [0.15, 0.2) is 11.8 Å². The molecule has 0 aliphatic heterocycles. The second-order valence-electron chi connectivity index (χ2n) is 8.37. The van der Waals surface area contributed by atoms with Crippen LogP contribution in [0.25, 0.3) is 0 Å². The zero-order valence-corrected chi connectivity index (χ0v) is 17.1. The Labute approximate surface area is 167 Å². The number of aliphatic imine (C=N–C) groups is 1. The summed E-state index contributed by atoms with van der Waals surface area (Å²) in [5, 5.41) is 15.7. The normalized spacial score (nSPS) is 19.4. The lowest BCUT2D eigenvalue weighted by atomic mass is 9.64. The van der Waals surface area contributed by atoms with Crippen LogP contribution in [0.4, 0.5) is 0 Å². The predicted molar refractivity (Wildman–Crippen MR) is 112 cm³/mol. The Morgan fingerprint density at radius 2 is 1.89 bits per heavy atom. The summed E-state index contributed by atoms with van der Waals surface area (Å²) >= 11 is 0. The summed E-state index contributed by atoms with van der Waals surface area (Å²) in [7, 11) is 2.00. The van der Waals surface area contributed by atoms with Crippen LogP contribution in [0.2, 0.25) is 0 Å². The summed E-state index contributed by atoms with van der Waals surface area (Å²) < 4.78 is 2.01. The zero-order chi connectivity index (χ0) is 19.4. The summed E-state index contributed by atoms with van der Waals surface area (Å²) in [6, 6.07) is 11.5. The van der Waals surface area contributed by atoms with E-state index in [9.17, 15) is 0 Å². The van der Waals surface area contributed by atoms with E-state index >= 15 is 0 Å². The van der Waals surface area contributed by atoms with Crippen molar-refractivity contribution in [3.63, 3.8) is 0 Å². The lowest BCUT2D eigenvalue weighted by molar-refractivity contribution is 0.243. The highest BCUT2D eigenvalue weighted by molar-refractivity contribution is 5.80. The number of aromatic nitrogens is 3. The summed E-state index contributed by atoms with van der Waals surface area (Å²) in [5.41, 5.74) is 1.68. The van der Waals surface area contributed by atoms with E-state index in [-0.39, 0.29) is 5.41 Å². The monoisotopic (exact) mass is 380 g/mol. The Morgan fingerprint density at radius 3 is 2.50 bits per heavy atom. The van der Waals surface area contributed by atoms with Crippen molar-refractivity contribution in [3.8, 4) is 0 Å². The maximum Gasteiger partial charge on any atom is 0.191 e. The van der Waals surface area contributed by atoms with Crippen LogP contribution in [0, 0.1) is 6.92 Å². The summed E-state index contributed by atoms with van der Waals surface area (Å²) in [6.45, 7) is 3.43. The van der Waals surface area contributed by atoms with E-state index in [1.54, 1.807) is 0 Å². The molecule has 0 unspecified atom stereocenters. The first-order chi connectivity index (χ1) is 13.7. The van der Waals surface area contributed by atoms with Crippen molar-refractivity contribution in [2.24, 2.45) is 12.0 Å². The summed E-state index contributed by atoms with van der Waals surface area (Å²) in [5.74, 6) is 2.72. The number of benzene rings is 1. The fraction of sp³-hybridized carbons (Fsp3) is 0.591. The van der Waals surface area contributed by atoms with Gasteiger partial charge in [0.1, 0.15) is 12.4 Å². The fourth-order valence-corrected chi connectivity index (χ4v) is 4.37. The molecule has 1 aromatic heterocycles. The molecular formula is C22H32N6. The van der Waals surface area contributed by atoms with Gasteiger partial charge in [-0.25, -0.2) is 4.99 Å². The average Bonchev–Trinajstić information content (AvgIpc) is 3.30. The first-order valence-electron chi connectivity index (χ1n) is 10.6. The molecule has 0 bridgehead atoms. The van der Waals surface area contributed by atoms with E-state index in [0.717, 1.165) is 24.2 Å². The van der Waals surface area contributed by atoms with Crippen LogP contribution in [-0.2, 0) is 19.0 Å². The molecule has 2 fully saturated rings. The lowest BCUT2D eigenvalue weighted by Crippen LogP contribution is -2.50. The molecule has 6 nitrogen and oxygen atoms in total. The fourth-order valence-electron chi connectivity index (χ4n) is 4.37. The van der Waals surface area contributed by atoms with Gasteiger partial charge < -0.3 is 15.2 Å². The maximum atomic E-state index is 4.86. The topological polar surface area (TPSA) is 67.1 Å². The molecule has 1 heterocycles. The molecule has 4 rings (SSSR count). The van der Waals surface area contributed by atoms with Crippen molar-refractivity contribution in [2.75, 3.05) is 6.54 Å². The molecule has 0 atom stereocenters. The van der Waals surface area contributed by atoms with Crippen molar-refractivity contribution >= 4 is 5.96 Å². The Balaban J connectivity index is 1.47. The Morgan fingerprint density at radius 1 is 1.14 bits per heavy atom. The molecule has 2 aromatic rings. The van der Waals surface area contributed by atoms with E-state index < -0.39 is 0 Å². The highest BCUT2D eigenvalue weighted by Gasteiger charge is 2.38. The number of hydrogen-bond acceptors (Lipinski definition) is 3. The lowest BCUT2D eigenvalue weighted by Gasteiger charge is -2.43. The highest BCUT2D eigenvalue weighted by Crippen LogP contribution is 2.43. The summed E-state index contributed by atoms with van der Waals surface area (Å²) in [4.78, 5) is 4.86. The van der Waals surface area contributed by atoms with Gasteiger partial charge in [-0.15, -0.1) is 10.2 Å². The van der Waals surface area contributed by atoms with Gasteiger partial charge in [-0.1, -0.05) is 49.6 Å². The third-order valence-corrected chi connectivity index (χ3v) is 6.55. The van der Waals surface area contributed by atoms with Crippen LogP contribution in [0.3, 0.4) is 0 Å². The smallest absolute Gasteiger partial charge is 0.191 e. The van der Waals surface area contributed by atoms with Crippen LogP contribution in [-0.4, -0.2) is 33.3 Å². The zero-order valence-electron chi connectivity index (χ0n) is 17.1. The van der Waals surface area contributed by atoms with Crippen molar-refractivity contribution in [1.29, 1.82) is 0 Å². The van der Waals surface area contributed by atoms with E-state index in [1.165, 1.54) is 50.5 Å². The Hall–Kier alpha value is -2.37. The SMILES string of the molecule is Cc1nnc(CN=C(NCC2(c3ccccc3)CCC2)NC2CCCC2)n1C. The first-order valence-corrected chi connectivity index (χ1v) is 10.6. The highest BCUT2D eigenvalue weighted by atomic mass is 15.3. The molecule has 150 valence electrons. The van der Waals surface area contributed by atoms with Gasteiger partial charge in [0.25, 0.3) is 0 Å². The number of nitrogens with one attached hydrogen (secondary N) is 2. The van der Waals surface area contributed by atoms with E-state index in [1.807, 2.05) is 18.5 Å². The third kappa shape index (κ3) is 4.05. The number of nitrogens with zero attached hydrogens (tertiary/aromatic N) is 4. The van der Waals surface area contributed by atoms with Gasteiger partial charge in [-0.2, -0.15) is 0 Å². The molecule has 0 saturated heterocycles. The van der Waals surface area contributed by atoms with Gasteiger partial charge in [0, 0.05) is 25.0 Å². The summed E-state index contributed by atoms with van der Waals surface area (Å²) in [6.07, 6.45) is 8.85. The first kappa shape index (κ1) is 19.0. The molecule has 2 saturated carbocycles. The van der Waals surface area contributed by atoms with Crippen LogP contribution < -0.4 is 10.6 Å². The molecule has 1 aromatic carbocycles. The van der Waals surface area contributed by atoms with E-state index in [4.69, 9.17) is 4.99 Å². The van der Waals surface area contributed by atoms with Gasteiger partial charge >= 0.3 is 0 Å². The van der Waals surface area contributed by atoms with Crippen molar-refractivity contribution in [2.45, 2.75) is 69.9 Å². The molecule has 2 N–H and O–H groups in total. The second kappa shape index (κ2) is 8.33. The van der Waals surface area contributed by atoms with Gasteiger partial charge in [-0.05, 0) is 38.2 Å². The second-order valence-corrected chi connectivity index (χ2v) is 8.37. The molecule has 0 spiro atoms. The van der Waals surface area contributed by atoms with Crippen LogP contribution in [0.5, 0.6) is 0 Å². The standard InChI is InChI=1S/C22H32N6/c1-17-26-27-20(28(17)2)15-23-21(25-19-11-6-7-12-19)24-16-22(13-8-14-22)18-9-4-3-5-10-18/h3-5,9-10,19H,6-8,11-16H2,1-2H3,(H2,23,24,25). The number of rotatable bonds is 6. The minimum atomic E-state index is 0.237. The molecule has 2 aliphatic carbocycles. The average molecular weight is 381 g/mol. The van der Waals surface area contributed by atoms with Gasteiger partial charge in [-0.3, -0.25) is 0 Å². The maximum absolute atomic E-state index is 4.86. The van der Waals surface area contributed by atoms with Gasteiger partial charge in [0.2, 0.25) is 0 Å². The molecule has 0 amide bonds.